The van der Waals surface area contributed by atoms with Gasteiger partial charge in [0, 0.05) is 29.1 Å². The molecule has 2 heterocycles. The second-order valence-electron chi connectivity index (χ2n) is 8.30. The quantitative estimate of drug-likeness (QED) is 0.264. The smallest absolute Gasteiger partial charge is 0.227 e. The van der Waals surface area contributed by atoms with Gasteiger partial charge in [0.1, 0.15) is 17.9 Å². The second kappa shape index (κ2) is 9.72. The molecule has 0 spiro atoms. The molecule has 0 unspecified atom stereocenters. The molecule has 0 amide bonds. The van der Waals surface area contributed by atoms with Gasteiger partial charge in [-0.1, -0.05) is 78.0 Å². The van der Waals surface area contributed by atoms with Crippen molar-refractivity contribution in [2.75, 3.05) is 5.32 Å². The first kappa shape index (κ1) is 21.6. The first-order valence-corrected chi connectivity index (χ1v) is 11.6. The molecule has 0 aliphatic carbocycles. The fraction of sp³-hybridized carbons (Fsp3) is 0.0333. The second-order valence-corrected chi connectivity index (χ2v) is 8.30. The number of fused-ring (bicyclic) bond motifs is 1. The van der Waals surface area contributed by atoms with Crippen molar-refractivity contribution in [3.05, 3.63) is 121 Å². The number of rotatable bonds is 7. The van der Waals surface area contributed by atoms with Crippen LogP contribution in [0.1, 0.15) is 5.56 Å². The van der Waals surface area contributed by atoms with Crippen LogP contribution in [0, 0.1) is 0 Å². The molecular weight excluding hydrogens is 448 g/mol. The fourth-order valence-corrected chi connectivity index (χ4v) is 4.01. The van der Waals surface area contributed by atoms with Crippen LogP contribution in [0.5, 0.6) is 5.75 Å². The largest absolute Gasteiger partial charge is 0.489 e. The van der Waals surface area contributed by atoms with Gasteiger partial charge in [0.2, 0.25) is 5.95 Å². The zero-order valence-corrected chi connectivity index (χ0v) is 19.3. The molecule has 6 nitrogen and oxygen atoms in total. The van der Waals surface area contributed by atoms with E-state index in [9.17, 15) is 0 Å². The Labute approximate surface area is 208 Å². The summed E-state index contributed by atoms with van der Waals surface area (Å²) in [5.74, 6) is 2.01. The normalized spacial score (nSPS) is 10.9. The lowest BCUT2D eigenvalue weighted by atomic mass is 10.0. The molecule has 6 aromatic rings. The first-order valence-electron chi connectivity index (χ1n) is 11.6. The van der Waals surface area contributed by atoms with E-state index in [-0.39, 0.29) is 0 Å². The van der Waals surface area contributed by atoms with Gasteiger partial charge < -0.3 is 14.6 Å². The molecule has 0 bridgehead atoms. The maximum absolute atomic E-state index is 5.95. The topological polar surface area (TPSA) is 73.1 Å². The van der Waals surface area contributed by atoms with Crippen molar-refractivity contribution in [1.29, 1.82) is 0 Å². The van der Waals surface area contributed by atoms with Gasteiger partial charge in [-0.25, -0.2) is 9.97 Å². The van der Waals surface area contributed by atoms with Gasteiger partial charge in [0.25, 0.3) is 0 Å². The van der Waals surface area contributed by atoms with E-state index in [4.69, 9.17) is 14.2 Å². The zero-order valence-electron chi connectivity index (χ0n) is 19.3. The molecule has 0 atom stereocenters. The number of ether oxygens (including phenoxy) is 1. The molecule has 0 fully saturated rings. The fourth-order valence-electron chi connectivity index (χ4n) is 4.01. The molecule has 6 heteroatoms. The summed E-state index contributed by atoms with van der Waals surface area (Å²) in [5, 5.41) is 8.44. The Balaban J connectivity index is 1.23. The van der Waals surface area contributed by atoms with Crippen molar-refractivity contribution >= 4 is 22.5 Å². The van der Waals surface area contributed by atoms with E-state index in [0.717, 1.165) is 50.5 Å². The summed E-state index contributed by atoms with van der Waals surface area (Å²) < 4.78 is 11.6. The minimum atomic E-state index is 0.501. The number of benzene rings is 4. The molecule has 0 radical (unpaired) electrons. The highest BCUT2D eigenvalue weighted by atomic mass is 16.5. The van der Waals surface area contributed by atoms with E-state index in [0.29, 0.717) is 12.6 Å². The highest BCUT2D eigenvalue weighted by Gasteiger charge is 2.13. The van der Waals surface area contributed by atoms with Crippen molar-refractivity contribution in [3.63, 3.8) is 0 Å². The summed E-state index contributed by atoms with van der Waals surface area (Å²) in [7, 11) is 0. The Morgan fingerprint density at radius 3 is 2.44 bits per heavy atom. The van der Waals surface area contributed by atoms with Gasteiger partial charge in [-0.15, -0.1) is 0 Å². The average Bonchev–Trinajstić information content (AvgIpc) is 3.37. The molecule has 0 aliphatic heterocycles. The van der Waals surface area contributed by atoms with Crippen LogP contribution >= 0.6 is 0 Å². The van der Waals surface area contributed by atoms with Gasteiger partial charge >= 0.3 is 0 Å². The van der Waals surface area contributed by atoms with Crippen molar-refractivity contribution in [2.24, 2.45) is 0 Å². The molecule has 36 heavy (non-hydrogen) atoms. The van der Waals surface area contributed by atoms with E-state index in [2.05, 4.69) is 21.5 Å². The maximum Gasteiger partial charge on any atom is 0.227 e. The highest BCUT2D eigenvalue weighted by molar-refractivity contribution is 5.94. The minimum absolute atomic E-state index is 0.501. The molecule has 6 rings (SSSR count). The molecule has 0 aliphatic rings. The molecule has 0 saturated heterocycles. The van der Waals surface area contributed by atoms with Crippen LogP contribution in [0.15, 0.2) is 120 Å². The first-order chi connectivity index (χ1) is 17.8. The van der Waals surface area contributed by atoms with E-state index < -0.39 is 0 Å². The van der Waals surface area contributed by atoms with Crippen LogP contribution in [-0.4, -0.2) is 15.1 Å². The van der Waals surface area contributed by atoms with Gasteiger partial charge in [0.15, 0.2) is 5.76 Å². The molecule has 1 N–H and O–H groups in total. The van der Waals surface area contributed by atoms with Crippen LogP contribution in [0.4, 0.5) is 11.6 Å². The number of hydrogen-bond donors (Lipinski definition) is 1. The lowest BCUT2D eigenvalue weighted by molar-refractivity contribution is 0.306. The summed E-state index contributed by atoms with van der Waals surface area (Å²) in [6.45, 7) is 0.507. The highest BCUT2D eigenvalue weighted by Crippen LogP contribution is 2.32. The Kier molecular flexibility index (Phi) is 5.82. The Morgan fingerprint density at radius 2 is 1.58 bits per heavy atom. The predicted octanol–water partition coefficient (Wildman–Crippen LogP) is 7.27. The molecule has 0 saturated carbocycles. The van der Waals surface area contributed by atoms with Crippen molar-refractivity contribution in [3.8, 4) is 28.3 Å². The van der Waals surface area contributed by atoms with Crippen molar-refractivity contribution in [1.82, 2.24) is 15.1 Å². The van der Waals surface area contributed by atoms with Crippen LogP contribution in [0.25, 0.3) is 33.5 Å². The summed E-state index contributed by atoms with van der Waals surface area (Å²) in [4.78, 5) is 9.15. The lowest BCUT2D eigenvalue weighted by Crippen LogP contribution is -1.99. The maximum atomic E-state index is 5.95. The Bertz CT molecular complexity index is 1610. The molecule has 174 valence electrons. The molecule has 4 aromatic carbocycles. The van der Waals surface area contributed by atoms with Gasteiger partial charge in [0.05, 0.1) is 11.1 Å². The predicted molar refractivity (Wildman–Crippen MR) is 141 cm³/mol. The third-order valence-electron chi connectivity index (χ3n) is 5.80. The summed E-state index contributed by atoms with van der Waals surface area (Å²) >= 11 is 0. The van der Waals surface area contributed by atoms with E-state index >= 15 is 0 Å². The molecular formula is C30H22N4O2. The number of nitrogens with one attached hydrogen (secondary N) is 1. The standard InChI is InChI=1S/C30H22N4O2/c1-3-8-21(9-4-1)20-35-25-13-7-12-24(19-25)32-30-31-17-16-27(33-30)23-14-15-28-26(18-23)29(36-34-28)22-10-5-2-6-11-22/h1-19H,20H2,(H,31,32,33). The van der Waals surface area contributed by atoms with Crippen LogP contribution in [-0.2, 0) is 6.61 Å². The third kappa shape index (κ3) is 4.65. The van der Waals surface area contributed by atoms with Gasteiger partial charge in [-0.05, 0) is 35.9 Å². The van der Waals surface area contributed by atoms with Gasteiger partial charge in [-0.2, -0.15) is 0 Å². The minimum Gasteiger partial charge on any atom is -0.489 e. The van der Waals surface area contributed by atoms with Crippen LogP contribution in [0.3, 0.4) is 0 Å². The Morgan fingerprint density at radius 1 is 0.750 bits per heavy atom. The number of nitrogens with zero attached hydrogens (tertiary/aromatic N) is 3. The van der Waals surface area contributed by atoms with Gasteiger partial charge in [-0.3, -0.25) is 0 Å². The SMILES string of the molecule is c1ccc(COc2cccc(Nc3nccc(-c4ccc5noc(-c6ccccc6)c5c4)n3)c2)cc1. The van der Waals surface area contributed by atoms with E-state index in [1.165, 1.54) is 0 Å². The van der Waals surface area contributed by atoms with E-state index in [1.54, 1.807) is 6.20 Å². The molecule has 2 aromatic heterocycles. The van der Waals surface area contributed by atoms with Crippen LogP contribution in [0.2, 0.25) is 0 Å². The average molecular weight is 471 g/mol. The summed E-state index contributed by atoms with van der Waals surface area (Å²) in [5.41, 5.74) is 5.50. The number of anilines is 2. The van der Waals surface area contributed by atoms with E-state index in [1.807, 2.05) is 103 Å². The zero-order chi connectivity index (χ0) is 24.2. The summed E-state index contributed by atoms with van der Waals surface area (Å²) in [6.07, 6.45) is 1.75. The van der Waals surface area contributed by atoms with Crippen molar-refractivity contribution in [2.45, 2.75) is 6.61 Å². The van der Waals surface area contributed by atoms with Crippen molar-refractivity contribution < 1.29 is 9.26 Å². The number of aromatic nitrogens is 3. The van der Waals surface area contributed by atoms with Crippen LogP contribution < -0.4 is 10.1 Å². The summed E-state index contributed by atoms with van der Waals surface area (Å²) in [6, 6.07) is 35.7. The Hall–Kier alpha value is -4.97. The number of hydrogen-bond acceptors (Lipinski definition) is 6. The monoisotopic (exact) mass is 470 g/mol. The lowest BCUT2D eigenvalue weighted by Gasteiger charge is -2.10. The third-order valence-corrected chi connectivity index (χ3v) is 5.80.